The lowest BCUT2D eigenvalue weighted by molar-refractivity contribution is 0.0933. The van der Waals surface area contributed by atoms with Gasteiger partial charge in [-0.15, -0.1) is 0 Å². The van der Waals surface area contributed by atoms with Crippen LogP contribution in [0, 0.1) is 6.92 Å². The number of dihydropyridines is 1. The summed E-state index contributed by atoms with van der Waals surface area (Å²) in [5.74, 6) is 0.492. The Balaban J connectivity index is 2.30. The Morgan fingerprint density at radius 1 is 1.50 bits per heavy atom. The Labute approximate surface area is 106 Å². The van der Waals surface area contributed by atoms with E-state index in [1.54, 1.807) is 12.3 Å². The summed E-state index contributed by atoms with van der Waals surface area (Å²) in [7, 11) is 0. The van der Waals surface area contributed by atoms with Crippen LogP contribution >= 0.6 is 0 Å². The average molecular weight is 247 g/mol. The lowest BCUT2D eigenvalue weighted by Gasteiger charge is -2.21. The first-order valence-electron chi connectivity index (χ1n) is 5.84. The summed E-state index contributed by atoms with van der Waals surface area (Å²) in [5.41, 5.74) is 8.83. The second kappa shape index (κ2) is 5.10. The minimum atomic E-state index is -0.802. The molecule has 2 rings (SSSR count). The van der Waals surface area contributed by atoms with Gasteiger partial charge in [0.15, 0.2) is 6.23 Å². The quantitative estimate of drug-likeness (QED) is 0.746. The number of hydrogen-bond acceptors (Lipinski definition) is 5. The molecule has 1 aromatic rings. The number of aliphatic hydroxyl groups excluding tert-OH is 1. The van der Waals surface area contributed by atoms with Crippen molar-refractivity contribution in [2.75, 3.05) is 12.3 Å². The smallest absolute Gasteiger partial charge is 0.183 e. The molecule has 0 saturated carbocycles. The van der Waals surface area contributed by atoms with Gasteiger partial charge in [0.1, 0.15) is 5.76 Å². The standard InChI is InChI=1S/C13H17N3O2/c1-3-18-12-6-9(7-15-13(12)17)11-5-4-10(14)8(2)16-11/h4-7,13,15,17H,3,14H2,1-2H3. The first-order chi connectivity index (χ1) is 8.61. The molecule has 1 atom stereocenters. The molecular formula is C13H17N3O2. The molecule has 18 heavy (non-hydrogen) atoms. The first kappa shape index (κ1) is 12.4. The molecule has 0 bridgehead atoms. The molecule has 0 aliphatic carbocycles. The number of ether oxygens (including phenoxy) is 1. The van der Waals surface area contributed by atoms with Gasteiger partial charge in [-0.25, -0.2) is 0 Å². The third-order valence-electron chi connectivity index (χ3n) is 2.70. The van der Waals surface area contributed by atoms with Crippen molar-refractivity contribution >= 4 is 11.3 Å². The summed E-state index contributed by atoms with van der Waals surface area (Å²) in [5, 5.41) is 12.5. The Hall–Kier alpha value is -2.01. The number of aliphatic hydroxyl groups is 1. The molecule has 0 aromatic carbocycles. The zero-order chi connectivity index (χ0) is 13.1. The Kier molecular flexibility index (Phi) is 3.53. The minimum absolute atomic E-state index is 0.492. The van der Waals surface area contributed by atoms with Gasteiger partial charge in [0.25, 0.3) is 0 Å². The molecule has 0 radical (unpaired) electrons. The third-order valence-corrected chi connectivity index (χ3v) is 2.70. The minimum Gasteiger partial charge on any atom is -0.493 e. The van der Waals surface area contributed by atoms with Crippen LogP contribution in [-0.4, -0.2) is 22.9 Å². The van der Waals surface area contributed by atoms with Crippen molar-refractivity contribution in [3.05, 3.63) is 41.6 Å². The van der Waals surface area contributed by atoms with E-state index in [9.17, 15) is 5.11 Å². The maximum Gasteiger partial charge on any atom is 0.183 e. The first-order valence-corrected chi connectivity index (χ1v) is 5.84. The van der Waals surface area contributed by atoms with Gasteiger partial charge in [-0.3, -0.25) is 4.98 Å². The molecule has 1 aliphatic heterocycles. The zero-order valence-corrected chi connectivity index (χ0v) is 10.5. The topological polar surface area (TPSA) is 80.4 Å². The fourth-order valence-corrected chi connectivity index (χ4v) is 1.69. The highest BCUT2D eigenvalue weighted by atomic mass is 16.5. The molecule has 0 saturated heterocycles. The van der Waals surface area contributed by atoms with Gasteiger partial charge in [0.2, 0.25) is 0 Å². The van der Waals surface area contributed by atoms with Crippen molar-refractivity contribution in [3.8, 4) is 0 Å². The molecule has 0 spiro atoms. The number of pyridine rings is 1. The van der Waals surface area contributed by atoms with Gasteiger partial charge < -0.3 is 20.9 Å². The Bertz CT molecular complexity index is 509. The van der Waals surface area contributed by atoms with Gasteiger partial charge in [-0.1, -0.05) is 0 Å². The van der Waals surface area contributed by atoms with Crippen LogP contribution in [0.25, 0.3) is 5.57 Å². The lowest BCUT2D eigenvalue weighted by Crippen LogP contribution is -2.30. The highest BCUT2D eigenvalue weighted by molar-refractivity contribution is 5.73. The summed E-state index contributed by atoms with van der Waals surface area (Å²) in [4.78, 5) is 4.40. The number of rotatable bonds is 3. The van der Waals surface area contributed by atoms with Gasteiger partial charge in [-0.05, 0) is 32.1 Å². The van der Waals surface area contributed by atoms with E-state index in [2.05, 4.69) is 10.3 Å². The summed E-state index contributed by atoms with van der Waals surface area (Å²) in [6.45, 7) is 4.24. The largest absolute Gasteiger partial charge is 0.493 e. The molecule has 96 valence electrons. The van der Waals surface area contributed by atoms with Crippen LogP contribution in [0.5, 0.6) is 0 Å². The van der Waals surface area contributed by atoms with Crippen molar-refractivity contribution < 1.29 is 9.84 Å². The summed E-state index contributed by atoms with van der Waals surface area (Å²) >= 11 is 0. The highest BCUT2D eigenvalue weighted by Gasteiger charge is 2.17. The van der Waals surface area contributed by atoms with Crippen molar-refractivity contribution in [2.45, 2.75) is 20.1 Å². The third kappa shape index (κ3) is 2.46. The van der Waals surface area contributed by atoms with Gasteiger partial charge >= 0.3 is 0 Å². The van der Waals surface area contributed by atoms with E-state index in [1.807, 2.05) is 26.0 Å². The van der Waals surface area contributed by atoms with Gasteiger partial charge in [0, 0.05) is 11.8 Å². The van der Waals surface area contributed by atoms with Crippen molar-refractivity contribution in [1.29, 1.82) is 0 Å². The number of nitrogen functional groups attached to an aromatic ring is 1. The van der Waals surface area contributed by atoms with E-state index in [0.717, 1.165) is 17.0 Å². The van der Waals surface area contributed by atoms with Crippen LogP contribution in [0.4, 0.5) is 5.69 Å². The number of nitrogens with one attached hydrogen (secondary N) is 1. The van der Waals surface area contributed by atoms with E-state index in [-0.39, 0.29) is 0 Å². The van der Waals surface area contributed by atoms with E-state index < -0.39 is 6.23 Å². The zero-order valence-electron chi connectivity index (χ0n) is 10.5. The number of nitrogens with two attached hydrogens (primary N) is 1. The predicted octanol–water partition coefficient (Wildman–Crippen LogP) is 1.16. The molecule has 5 nitrogen and oxygen atoms in total. The number of aryl methyl sites for hydroxylation is 1. The molecule has 0 amide bonds. The monoisotopic (exact) mass is 247 g/mol. The molecule has 1 aromatic heterocycles. The summed E-state index contributed by atoms with van der Waals surface area (Å²) in [6.07, 6.45) is 2.69. The number of allylic oxidation sites excluding steroid dienone is 2. The van der Waals surface area contributed by atoms with E-state index in [0.29, 0.717) is 18.1 Å². The van der Waals surface area contributed by atoms with E-state index in [1.165, 1.54) is 0 Å². The van der Waals surface area contributed by atoms with E-state index >= 15 is 0 Å². The summed E-state index contributed by atoms with van der Waals surface area (Å²) < 4.78 is 5.36. The van der Waals surface area contributed by atoms with Crippen LogP contribution in [0.3, 0.4) is 0 Å². The van der Waals surface area contributed by atoms with Crippen molar-refractivity contribution in [1.82, 2.24) is 10.3 Å². The van der Waals surface area contributed by atoms with Gasteiger partial charge in [-0.2, -0.15) is 0 Å². The second-order valence-corrected chi connectivity index (χ2v) is 4.02. The Morgan fingerprint density at radius 2 is 2.28 bits per heavy atom. The molecular weight excluding hydrogens is 230 g/mol. The normalized spacial score (nSPS) is 18.7. The van der Waals surface area contributed by atoms with Crippen LogP contribution in [0.15, 0.2) is 30.2 Å². The molecule has 1 aliphatic rings. The highest BCUT2D eigenvalue weighted by Crippen LogP contribution is 2.22. The molecule has 2 heterocycles. The SMILES string of the molecule is CCOC1=CC(c2ccc(N)c(C)n2)=CNC1O. The molecule has 4 N–H and O–H groups in total. The van der Waals surface area contributed by atoms with Crippen LogP contribution in [0.1, 0.15) is 18.3 Å². The molecule has 5 heteroatoms. The van der Waals surface area contributed by atoms with Crippen LogP contribution in [-0.2, 0) is 4.74 Å². The number of aromatic nitrogens is 1. The fourth-order valence-electron chi connectivity index (χ4n) is 1.69. The molecule has 1 unspecified atom stereocenters. The number of nitrogens with zero attached hydrogens (tertiary/aromatic N) is 1. The Morgan fingerprint density at radius 3 is 2.94 bits per heavy atom. The van der Waals surface area contributed by atoms with Crippen LogP contribution in [0.2, 0.25) is 0 Å². The lowest BCUT2D eigenvalue weighted by atomic mass is 10.1. The summed E-state index contributed by atoms with van der Waals surface area (Å²) in [6, 6.07) is 3.66. The van der Waals surface area contributed by atoms with E-state index in [4.69, 9.17) is 10.5 Å². The fraction of sp³-hybridized carbons (Fsp3) is 0.308. The van der Waals surface area contributed by atoms with Crippen molar-refractivity contribution in [2.24, 2.45) is 0 Å². The van der Waals surface area contributed by atoms with Crippen LogP contribution < -0.4 is 11.1 Å². The number of anilines is 1. The van der Waals surface area contributed by atoms with Gasteiger partial charge in [0.05, 0.1) is 23.7 Å². The molecule has 0 fully saturated rings. The second-order valence-electron chi connectivity index (χ2n) is 4.02. The van der Waals surface area contributed by atoms with Crippen molar-refractivity contribution in [3.63, 3.8) is 0 Å². The average Bonchev–Trinajstić information content (AvgIpc) is 2.36. The maximum absolute atomic E-state index is 9.67. The maximum atomic E-state index is 9.67. The predicted molar refractivity (Wildman–Crippen MR) is 70.2 cm³/mol. The number of hydrogen-bond donors (Lipinski definition) is 3.